The molecule has 1 aliphatic rings. The van der Waals surface area contributed by atoms with Gasteiger partial charge in [-0.2, -0.15) is 5.10 Å². The number of anilines is 1. The van der Waals surface area contributed by atoms with E-state index in [1.807, 2.05) is 10.7 Å². The molecular formula is C15H21N5O2. The molecule has 3 heterocycles. The molecule has 2 amide bonds. The quantitative estimate of drug-likeness (QED) is 0.908. The number of hydrogen-bond acceptors (Lipinski definition) is 4. The number of urea groups is 1. The molecule has 7 heteroatoms. The molecule has 3 rings (SSSR count). The lowest BCUT2D eigenvalue weighted by Gasteiger charge is -2.12. The van der Waals surface area contributed by atoms with Gasteiger partial charge in [0.15, 0.2) is 5.65 Å². The molecule has 0 bridgehead atoms. The molecule has 0 spiro atoms. The molecule has 22 heavy (non-hydrogen) atoms. The van der Waals surface area contributed by atoms with Gasteiger partial charge in [-0.1, -0.05) is 0 Å². The molecule has 1 aliphatic heterocycles. The van der Waals surface area contributed by atoms with Gasteiger partial charge < -0.3 is 15.4 Å². The van der Waals surface area contributed by atoms with E-state index in [-0.39, 0.29) is 18.2 Å². The van der Waals surface area contributed by atoms with E-state index in [4.69, 9.17) is 4.74 Å². The van der Waals surface area contributed by atoms with Crippen LogP contribution >= 0.6 is 0 Å². The highest BCUT2D eigenvalue weighted by atomic mass is 16.5. The largest absolute Gasteiger partial charge is 0.376 e. The zero-order valence-corrected chi connectivity index (χ0v) is 12.9. The van der Waals surface area contributed by atoms with Gasteiger partial charge in [0.2, 0.25) is 0 Å². The topological polar surface area (TPSA) is 81.1 Å². The maximum atomic E-state index is 11.9. The van der Waals surface area contributed by atoms with Crippen molar-refractivity contribution in [3.8, 4) is 0 Å². The molecule has 2 aromatic rings. The third kappa shape index (κ3) is 3.19. The molecule has 0 aromatic carbocycles. The number of pyridine rings is 1. The van der Waals surface area contributed by atoms with Gasteiger partial charge >= 0.3 is 6.03 Å². The van der Waals surface area contributed by atoms with E-state index < -0.39 is 0 Å². The number of hydrogen-bond donors (Lipinski definition) is 2. The van der Waals surface area contributed by atoms with E-state index in [0.717, 1.165) is 30.5 Å². The maximum Gasteiger partial charge on any atom is 0.319 e. The Morgan fingerprint density at radius 1 is 1.50 bits per heavy atom. The van der Waals surface area contributed by atoms with Gasteiger partial charge in [-0.05, 0) is 32.8 Å². The van der Waals surface area contributed by atoms with Crippen molar-refractivity contribution in [3.05, 3.63) is 18.5 Å². The van der Waals surface area contributed by atoms with E-state index >= 15 is 0 Å². The van der Waals surface area contributed by atoms with Gasteiger partial charge in [0, 0.05) is 24.6 Å². The number of nitrogens with one attached hydrogen (secondary N) is 2. The molecule has 1 saturated heterocycles. The smallest absolute Gasteiger partial charge is 0.319 e. The second-order valence-corrected chi connectivity index (χ2v) is 5.79. The fraction of sp³-hybridized carbons (Fsp3) is 0.533. The van der Waals surface area contributed by atoms with Crippen molar-refractivity contribution in [1.29, 1.82) is 0 Å². The lowest BCUT2D eigenvalue weighted by molar-refractivity contribution is 0.112. The monoisotopic (exact) mass is 303 g/mol. The summed E-state index contributed by atoms with van der Waals surface area (Å²) >= 11 is 0. The molecule has 2 aromatic heterocycles. The van der Waals surface area contributed by atoms with Crippen molar-refractivity contribution in [2.75, 3.05) is 18.5 Å². The Hall–Kier alpha value is -2.15. The second-order valence-electron chi connectivity index (χ2n) is 5.79. The van der Waals surface area contributed by atoms with Crippen LogP contribution < -0.4 is 10.6 Å². The summed E-state index contributed by atoms with van der Waals surface area (Å²) in [5.74, 6) is 0. The Kier molecular flexibility index (Phi) is 4.24. The van der Waals surface area contributed by atoms with E-state index in [0.29, 0.717) is 12.2 Å². The van der Waals surface area contributed by atoms with Gasteiger partial charge in [0.05, 0.1) is 24.2 Å². The first-order chi connectivity index (χ1) is 10.6. The maximum absolute atomic E-state index is 11.9. The van der Waals surface area contributed by atoms with Crippen molar-refractivity contribution in [2.45, 2.75) is 38.8 Å². The van der Waals surface area contributed by atoms with Crippen molar-refractivity contribution >= 4 is 22.8 Å². The van der Waals surface area contributed by atoms with Gasteiger partial charge in [0.25, 0.3) is 0 Å². The average Bonchev–Trinajstić information content (AvgIpc) is 3.14. The van der Waals surface area contributed by atoms with Crippen LogP contribution in [0.25, 0.3) is 11.0 Å². The van der Waals surface area contributed by atoms with Crippen molar-refractivity contribution < 1.29 is 9.53 Å². The number of carbonyl (C=O) groups is 1. The minimum Gasteiger partial charge on any atom is -0.376 e. The third-order valence-electron chi connectivity index (χ3n) is 3.69. The first-order valence-electron chi connectivity index (χ1n) is 7.63. The summed E-state index contributed by atoms with van der Waals surface area (Å²) in [6, 6.07) is 1.88. The van der Waals surface area contributed by atoms with Crippen LogP contribution in [-0.2, 0) is 4.74 Å². The van der Waals surface area contributed by atoms with Gasteiger partial charge in [-0.3, -0.25) is 0 Å². The van der Waals surface area contributed by atoms with Crippen LogP contribution in [0, 0.1) is 0 Å². The number of rotatable bonds is 4. The number of fused-ring (bicyclic) bond motifs is 1. The minimum absolute atomic E-state index is 0.135. The zero-order valence-electron chi connectivity index (χ0n) is 12.9. The van der Waals surface area contributed by atoms with Crippen LogP contribution in [0.4, 0.5) is 10.5 Å². The average molecular weight is 303 g/mol. The number of nitrogens with zero attached hydrogens (tertiary/aromatic N) is 3. The van der Waals surface area contributed by atoms with E-state index in [2.05, 4.69) is 34.6 Å². The van der Waals surface area contributed by atoms with Crippen LogP contribution in [0.15, 0.2) is 18.5 Å². The molecule has 0 saturated carbocycles. The van der Waals surface area contributed by atoms with E-state index in [1.54, 1.807) is 12.4 Å². The lowest BCUT2D eigenvalue weighted by atomic mass is 10.2. The lowest BCUT2D eigenvalue weighted by Crippen LogP contribution is -2.35. The zero-order chi connectivity index (χ0) is 15.5. The Bertz CT molecular complexity index is 661. The molecule has 1 unspecified atom stereocenters. The predicted molar refractivity (Wildman–Crippen MR) is 83.9 cm³/mol. The number of amides is 2. The van der Waals surface area contributed by atoms with Crippen molar-refractivity contribution in [2.24, 2.45) is 0 Å². The van der Waals surface area contributed by atoms with Gasteiger partial charge in [0.1, 0.15) is 0 Å². The fourth-order valence-corrected chi connectivity index (χ4v) is 2.57. The Labute approximate surface area is 129 Å². The Balaban J connectivity index is 1.62. The molecule has 1 atom stereocenters. The molecule has 0 radical (unpaired) electrons. The first kappa shape index (κ1) is 14.8. The summed E-state index contributed by atoms with van der Waals surface area (Å²) in [6.07, 6.45) is 5.61. The summed E-state index contributed by atoms with van der Waals surface area (Å²) in [5.41, 5.74) is 1.47. The Morgan fingerprint density at radius 3 is 3.09 bits per heavy atom. The first-order valence-corrected chi connectivity index (χ1v) is 7.63. The number of aromatic nitrogens is 3. The summed E-state index contributed by atoms with van der Waals surface area (Å²) in [4.78, 5) is 16.3. The van der Waals surface area contributed by atoms with E-state index in [9.17, 15) is 4.79 Å². The number of carbonyl (C=O) groups excluding carboxylic acids is 1. The molecule has 118 valence electrons. The molecule has 0 aliphatic carbocycles. The standard InChI is InChI=1S/C15H21N5O2/c1-10(2)20-14-11(7-18-20)6-12(8-16-14)19-15(21)17-9-13-4-3-5-22-13/h6-8,10,13H,3-5,9H2,1-2H3,(H2,17,19,21). The van der Waals surface area contributed by atoms with Gasteiger partial charge in [-0.25, -0.2) is 14.5 Å². The minimum atomic E-state index is -0.243. The van der Waals surface area contributed by atoms with E-state index in [1.165, 1.54) is 0 Å². The Morgan fingerprint density at radius 2 is 2.36 bits per heavy atom. The van der Waals surface area contributed by atoms with Crippen LogP contribution in [0.2, 0.25) is 0 Å². The highest BCUT2D eigenvalue weighted by Gasteiger charge is 2.16. The highest BCUT2D eigenvalue weighted by Crippen LogP contribution is 2.19. The normalized spacial score (nSPS) is 18.0. The highest BCUT2D eigenvalue weighted by molar-refractivity contribution is 5.91. The fourth-order valence-electron chi connectivity index (χ4n) is 2.57. The van der Waals surface area contributed by atoms with Crippen LogP contribution in [0.5, 0.6) is 0 Å². The third-order valence-corrected chi connectivity index (χ3v) is 3.69. The SMILES string of the molecule is CC(C)n1ncc2cc(NC(=O)NCC3CCCO3)cnc21. The predicted octanol–water partition coefficient (Wildman–Crippen LogP) is 2.31. The van der Waals surface area contributed by atoms with Crippen LogP contribution in [0.3, 0.4) is 0 Å². The van der Waals surface area contributed by atoms with Crippen LogP contribution in [0.1, 0.15) is 32.7 Å². The summed E-state index contributed by atoms with van der Waals surface area (Å²) in [5, 5.41) is 10.8. The molecule has 2 N–H and O–H groups in total. The summed E-state index contributed by atoms with van der Waals surface area (Å²) in [7, 11) is 0. The number of ether oxygens (including phenoxy) is 1. The van der Waals surface area contributed by atoms with Crippen molar-refractivity contribution in [1.82, 2.24) is 20.1 Å². The molecule has 1 fully saturated rings. The molecular weight excluding hydrogens is 282 g/mol. The van der Waals surface area contributed by atoms with Gasteiger partial charge in [-0.15, -0.1) is 0 Å². The summed E-state index contributed by atoms with van der Waals surface area (Å²) in [6.45, 7) is 5.43. The van der Waals surface area contributed by atoms with Crippen molar-refractivity contribution in [3.63, 3.8) is 0 Å². The van der Waals surface area contributed by atoms with Crippen LogP contribution in [-0.4, -0.2) is 40.1 Å². The molecule has 7 nitrogen and oxygen atoms in total. The summed E-state index contributed by atoms with van der Waals surface area (Å²) < 4.78 is 7.33. The second kappa shape index (κ2) is 6.31.